The minimum atomic E-state index is -3.72. The van der Waals surface area contributed by atoms with Crippen LogP contribution in [0.15, 0.2) is 46.0 Å². The van der Waals surface area contributed by atoms with Crippen LogP contribution in [0.4, 0.5) is 4.79 Å². The Morgan fingerprint density at radius 1 is 1.09 bits per heavy atom. The molecule has 3 rings (SSSR count). The Bertz CT molecular complexity index is 1080. The number of imide groups is 1. The molecule has 0 atom stereocenters. The number of nitrogens with one attached hydrogen (secondary N) is 1. The Balaban J connectivity index is 1.68. The van der Waals surface area contributed by atoms with Gasteiger partial charge in [-0.25, -0.2) is 18.1 Å². The highest BCUT2D eigenvalue weighted by molar-refractivity contribution is 7.89. The van der Waals surface area contributed by atoms with Crippen LogP contribution in [0.3, 0.4) is 0 Å². The summed E-state index contributed by atoms with van der Waals surface area (Å²) in [5.74, 6) is -1.35. The van der Waals surface area contributed by atoms with Crippen LogP contribution in [0.25, 0.3) is 0 Å². The first-order valence-corrected chi connectivity index (χ1v) is 12.6. The number of benzene rings is 1. The minimum absolute atomic E-state index is 0.00480. The highest BCUT2D eigenvalue weighted by Gasteiger charge is 2.29. The van der Waals surface area contributed by atoms with E-state index in [4.69, 9.17) is 4.84 Å². The zero-order valence-electron chi connectivity index (χ0n) is 17.8. The molecule has 0 spiro atoms. The van der Waals surface area contributed by atoms with Crippen molar-refractivity contribution in [2.24, 2.45) is 0 Å². The fourth-order valence-corrected chi connectivity index (χ4v) is 5.50. The Morgan fingerprint density at radius 2 is 1.81 bits per heavy atom. The van der Waals surface area contributed by atoms with Crippen LogP contribution in [-0.2, 0) is 14.9 Å². The van der Waals surface area contributed by atoms with E-state index in [9.17, 15) is 22.8 Å². The van der Waals surface area contributed by atoms with Gasteiger partial charge in [0.15, 0.2) is 0 Å². The molecule has 1 aliphatic rings. The molecule has 0 aliphatic carbocycles. The van der Waals surface area contributed by atoms with E-state index in [1.54, 1.807) is 30.7 Å². The molecule has 172 valence electrons. The summed E-state index contributed by atoms with van der Waals surface area (Å²) in [6.45, 7) is 4.17. The maximum atomic E-state index is 12.8. The number of carbonyl (C=O) groups excluding carboxylic acids is 3. The molecule has 0 bridgehead atoms. The van der Waals surface area contributed by atoms with Gasteiger partial charge in [0.1, 0.15) is 0 Å². The number of rotatable bonds is 5. The largest absolute Gasteiger partial charge is 0.441 e. The number of hydrogen-bond donors (Lipinski definition) is 1. The quantitative estimate of drug-likeness (QED) is 0.659. The first-order chi connectivity index (χ1) is 15.2. The number of amides is 3. The van der Waals surface area contributed by atoms with Crippen LogP contribution in [0.1, 0.15) is 53.8 Å². The summed E-state index contributed by atoms with van der Waals surface area (Å²) in [6, 6.07) is 6.60. The Hall–Kier alpha value is -2.76. The van der Waals surface area contributed by atoms with Crippen LogP contribution in [0, 0.1) is 0 Å². The van der Waals surface area contributed by atoms with E-state index in [0.29, 0.717) is 18.7 Å². The SMILES string of the molecule is CC(C)N(C(=O)ONC(=O)c1cccc(S(=O)(=O)N2CCCCC2)c1)C(=O)c1ccsc1. The van der Waals surface area contributed by atoms with E-state index < -0.39 is 34.0 Å². The molecule has 11 heteroatoms. The second-order valence-electron chi connectivity index (χ2n) is 7.57. The molecule has 1 aromatic heterocycles. The van der Waals surface area contributed by atoms with E-state index in [1.165, 1.54) is 39.9 Å². The van der Waals surface area contributed by atoms with Crippen LogP contribution in [0.5, 0.6) is 0 Å². The third-order valence-corrected chi connectivity index (χ3v) is 7.56. The van der Waals surface area contributed by atoms with Crippen molar-refractivity contribution in [2.75, 3.05) is 13.1 Å². The van der Waals surface area contributed by atoms with Crippen LogP contribution in [0.2, 0.25) is 0 Å². The van der Waals surface area contributed by atoms with Crippen molar-refractivity contribution in [3.8, 4) is 0 Å². The monoisotopic (exact) mass is 479 g/mol. The van der Waals surface area contributed by atoms with E-state index in [0.717, 1.165) is 24.2 Å². The average Bonchev–Trinajstić information content (AvgIpc) is 3.33. The maximum Gasteiger partial charge on any atom is 0.441 e. The van der Waals surface area contributed by atoms with E-state index >= 15 is 0 Å². The molecule has 3 amide bonds. The zero-order valence-corrected chi connectivity index (χ0v) is 19.4. The van der Waals surface area contributed by atoms with Crippen molar-refractivity contribution in [3.63, 3.8) is 0 Å². The molecule has 2 heterocycles. The van der Waals surface area contributed by atoms with Crippen LogP contribution < -0.4 is 5.48 Å². The summed E-state index contributed by atoms with van der Waals surface area (Å²) < 4.78 is 27.1. The first kappa shape index (κ1) is 23.9. The van der Waals surface area contributed by atoms with Gasteiger partial charge < -0.3 is 4.84 Å². The van der Waals surface area contributed by atoms with Gasteiger partial charge in [-0.3, -0.25) is 9.59 Å². The topological polar surface area (TPSA) is 113 Å². The molecule has 2 aromatic rings. The van der Waals surface area contributed by atoms with Crippen molar-refractivity contribution in [3.05, 3.63) is 52.2 Å². The minimum Gasteiger partial charge on any atom is -0.321 e. The van der Waals surface area contributed by atoms with Gasteiger partial charge >= 0.3 is 6.09 Å². The van der Waals surface area contributed by atoms with E-state index in [1.807, 2.05) is 5.48 Å². The predicted molar refractivity (Wildman–Crippen MR) is 119 cm³/mol. The number of hydrogen-bond acceptors (Lipinski definition) is 7. The van der Waals surface area contributed by atoms with Gasteiger partial charge in [-0.05, 0) is 56.3 Å². The number of sulfonamides is 1. The summed E-state index contributed by atoms with van der Waals surface area (Å²) in [4.78, 5) is 43.2. The number of carbonyl (C=O) groups is 3. The fourth-order valence-electron chi connectivity index (χ4n) is 3.30. The molecule has 0 saturated carbocycles. The third-order valence-electron chi connectivity index (χ3n) is 4.98. The van der Waals surface area contributed by atoms with Gasteiger partial charge in [0, 0.05) is 30.1 Å². The summed E-state index contributed by atoms with van der Waals surface area (Å²) in [5, 5.41) is 3.32. The molecular weight excluding hydrogens is 454 g/mol. The van der Waals surface area contributed by atoms with Gasteiger partial charge in [-0.1, -0.05) is 12.5 Å². The van der Waals surface area contributed by atoms with Gasteiger partial charge in [-0.15, -0.1) is 0 Å². The molecule has 1 aliphatic heterocycles. The standard InChI is InChI=1S/C21H25N3O6S2/c1-15(2)24(20(26)17-9-12-31-14-17)21(27)30-22-19(25)16-7-6-8-18(13-16)32(28,29)23-10-4-3-5-11-23/h6-9,12-15H,3-5,10-11H2,1-2H3,(H,22,25). The van der Waals surface area contributed by atoms with E-state index in [-0.39, 0.29) is 10.5 Å². The second kappa shape index (κ2) is 10.2. The van der Waals surface area contributed by atoms with E-state index in [2.05, 4.69) is 0 Å². The lowest BCUT2D eigenvalue weighted by Crippen LogP contribution is -2.44. The van der Waals surface area contributed by atoms with Crippen LogP contribution >= 0.6 is 11.3 Å². The highest BCUT2D eigenvalue weighted by atomic mass is 32.2. The molecule has 1 fully saturated rings. The third kappa shape index (κ3) is 5.34. The van der Waals surface area contributed by atoms with Crippen LogP contribution in [-0.4, -0.2) is 54.7 Å². The number of thiophene rings is 1. The van der Waals surface area contributed by atoms with Gasteiger partial charge in [0.2, 0.25) is 10.0 Å². The fraction of sp³-hybridized carbons (Fsp3) is 0.381. The number of nitrogens with zero attached hydrogens (tertiary/aromatic N) is 2. The zero-order chi connectivity index (χ0) is 23.3. The molecule has 32 heavy (non-hydrogen) atoms. The molecule has 1 N–H and O–H groups in total. The number of hydroxylamine groups is 1. The van der Waals surface area contributed by atoms with Crippen molar-refractivity contribution in [2.45, 2.75) is 44.0 Å². The molecule has 0 radical (unpaired) electrons. The maximum absolute atomic E-state index is 12.8. The van der Waals surface area contributed by atoms with Crippen molar-refractivity contribution >= 4 is 39.3 Å². The molecule has 0 unspecified atom stereocenters. The van der Waals surface area contributed by atoms with Gasteiger partial charge in [0.25, 0.3) is 11.8 Å². The molecule has 1 saturated heterocycles. The number of piperidine rings is 1. The van der Waals surface area contributed by atoms with Gasteiger partial charge in [-0.2, -0.15) is 21.1 Å². The normalized spacial score (nSPS) is 14.7. The lowest BCUT2D eigenvalue weighted by molar-refractivity contribution is 0.0339. The van der Waals surface area contributed by atoms with Crippen molar-refractivity contribution in [1.82, 2.24) is 14.7 Å². The average molecular weight is 480 g/mol. The first-order valence-electron chi connectivity index (χ1n) is 10.2. The Labute approximate surface area is 191 Å². The molecule has 9 nitrogen and oxygen atoms in total. The predicted octanol–water partition coefficient (Wildman–Crippen LogP) is 3.25. The van der Waals surface area contributed by atoms with Gasteiger partial charge in [0.05, 0.1) is 10.5 Å². The summed E-state index contributed by atoms with van der Waals surface area (Å²) in [5.41, 5.74) is 2.35. The lowest BCUT2D eigenvalue weighted by Gasteiger charge is -2.26. The van der Waals surface area contributed by atoms with Crippen molar-refractivity contribution in [1.29, 1.82) is 0 Å². The molecule has 1 aromatic carbocycles. The summed E-state index contributed by atoms with van der Waals surface area (Å²) in [6.07, 6.45) is 1.54. The summed E-state index contributed by atoms with van der Waals surface area (Å²) >= 11 is 1.32. The summed E-state index contributed by atoms with van der Waals surface area (Å²) in [7, 11) is -3.72. The Morgan fingerprint density at radius 3 is 2.44 bits per heavy atom. The molecular formula is C21H25N3O6S2. The van der Waals surface area contributed by atoms with Crippen molar-refractivity contribution < 1.29 is 27.6 Å². The Kier molecular flexibility index (Phi) is 7.64. The smallest absolute Gasteiger partial charge is 0.321 e. The highest BCUT2D eigenvalue weighted by Crippen LogP contribution is 2.21. The second-order valence-corrected chi connectivity index (χ2v) is 10.3. The lowest BCUT2D eigenvalue weighted by atomic mass is 10.2.